The molecule has 0 aliphatic carbocycles. The van der Waals surface area contributed by atoms with E-state index in [4.69, 9.17) is 5.21 Å². The molecule has 2 aliphatic heterocycles. The van der Waals surface area contributed by atoms with Crippen molar-refractivity contribution in [3.63, 3.8) is 0 Å². The molecule has 1 N–H and O–H groups in total. The van der Waals surface area contributed by atoms with Gasteiger partial charge >= 0.3 is 0 Å². The third-order valence-corrected chi connectivity index (χ3v) is 3.80. The van der Waals surface area contributed by atoms with Crippen LogP contribution in [0, 0.1) is 0 Å². The number of rotatable bonds is 1. The van der Waals surface area contributed by atoms with Crippen LogP contribution in [0.3, 0.4) is 0 Å². The molecule has 3 rings (SSSR count). The number of nitrogens with zero attached hydrogens (tertiary/aromatic N) is 2. The van der Waals surface area contributed by atoms with E-state index in [1.165, 1.54) is 17.7 Å². The van der Waals surface area contributed by atoms with Gasteiger partial charge < -0.3 is 10.1 Å². The van der Waals surface area contributed by atoms with Gasteiger partial charge in [0, 0.05) is 30.3 Å². The average molecular weight is 216 g/mol. The second-order valence-corrected chi connectivity index (χ2v) is 4.57. The number of hydrogen-bond acceptors (Lipinski definition) is 3. The van der Waals surface area contributed by atoms with Crippen molar-refractivity contribution in [1.82, 2.24) is 0 Å². The molecule has 0 radical (unpaired) electrons. The highest BCUT2D eigenvalue weighted by Crippen LogP contribution is 2.39. The van der Waals surface area contributed by atoms with Crippen molar-refractivity contribution in [1.29, 1.82) is 0 Å². The van der Waals surface area contributed by atoms with Crippen LogP contribution in [0.25, 0.3) is 0 Å². The molecule has 2 aliphatic rings. The molecule has 2 heterocycles. The van der Waals surface area contributed by atoms with Crippen molar-refractivity contribution in [2.24, 2.45) is 5.16 Å². The number of benzene rings is 1. The molecule has 0 fully saturated rings. The molecule has 1 aromatic carbocycles. The molecule has 1 atom stereocenters. The zero-order valence-corrected chi connectivity index (χ0v) is 9.48. The fraction of sp³-hybridized carbons (Fsp3) is 0.462. The minimum Gasteiger partial charge on any atom is -0.411 e. The zero-order chi connectivity index (χ0) is 11.1. The molecule has 0 bridgehead atoms. The summed E-state index contributed by atoms with van der Waals surface area (Å²) in [5.74, 6) is 0. The largest absolute Gasteiger partial charge is 0.411 e. The molecule has 0 amide bonds. The number of para-hydroxylation sites is 1. The summed E-state index contributed by atoms with van der Waals surface area (Å²) >= 11 is 0. The van der Waals surface area contributed by atoms with Crippen LogP contribution in [0.15, 0.2) is 23.4 Å². The predicted molar refractivity (Wildman–Crippen MR) is 64.5 cm³/mol. The molecule has 0 saturated heterocycles. The van der Waals surface area contributed by atoms with Crippen molar-refractivity contribution in [2.45, 2.75) is 32.2 Å². The second kappa shape index (κ2) is 3.51. The summed E-state index contributed by atoms with van der Waals surface area (Å²) in [6, 6.07) is 6.97. The van der Waals surface area contributed by atoms with Gasteiger partial charge in [0.05, 0.1) is 5.71 Å². The highest BCUT2D eigenvalue weighted by atomic mass is 16.4. The first-order valence-corrected chi connectivity index (χ1v) is 5.95. The maximum atomic E-state index is 9.03. The van der Waals surface area contributed by atoms with Gasteiger partial charge in [-0.15, -0.1) is 0 Å². The van der Waals surface area contributed by atoms with E-state index < -0.39 is 0 Å². The third kappa shape index (κ3) is 1.17. The molecule has 16 heavy (non-hydrogen) atoms. The van der Waals surface area contributed by atoms with Gasteiger partial charge in [-0.05, 0) is 18.4 Å². The van der Waals surface area contributed by atoms with Gasteiger partial charge in [-0.3, -0.25) is 0 Å². The van der Waals surface area contributed by atoms with Crippen LogP contribution in [0.4, 0.5) is 5.69 Å². The second-order valence-electron chi connectivity index (χ2n) is 4.57. The first kappa shape index (κ1) is 9.70. The van der Waals surface area contributed by atoms with Crippen LogP contribution in [-0.4, -0.2) is 23.5 Å². The van der Waals surface area contributed by atoms with Crippen molar-refractivity contribution < 1.29 is 5.21 Å². The van der Waals surface area contributed by atoms with Gasteiger partial charge in [0.1, 0.15) is 0 Å². The molecule has 3 heteroatoms. The average Bonchev–Trinajstić information content (AvgIpc) is 2.70. The first-order valence-electron chi connectivity index (χ1n) is 5.95. The van der Waals surface area contributed by atoms with Crippen molar-refractivity contribution in [2.75, 3.05) is 11.4 Å². The molecular formula is C13H16N2O. The Bertz CT molecular complexity index is 453. The zero-order valence-electron chi connectivity index (χ0n) is 9.48. The Morgan fingerprint density at radius 1 is 1.50 bits per heavy atom. The molecule has 0 saturated carbocycles. The Balaban J connectivity index is 2.16. The summed E-state index contributed by atoms with van der Waals surface area (Å²) < 4.78 is 0. The monoisotopic (exact) mass is 216 g/mol. The van der Waals surface area contributed by atoms with Crippen molar-refractivity contribution in [3.05, 3.63) is 29.3 Å². The van der Waals surface area contributed by atoms with Crippen LogP contribution >= 0.6 is 0 Å². The lowest BCUT2D eigenvalue weighted by Gasteiger charge is -2.32. The lowest BCUT2D eigenvalue weighted by molar-refractivity contribution is 0.317. The van der Waals surface area contributed by atoms with Crippen LogP contribution < -0.4 is 4.90 Å². The van der Waals surface area contributed by atoms with Gasteiger partial charge in [0.15, 0.2) is 0 Å². The van der Waals surface area contributed by atoms with E-state index in [2.05, 4.69) is 35.2 Å². The Morgan fingerprint density at radius 2 is 2.38 bits per heavy atom. The summed E-state index contributed by atoms with van der Waals surface area (Å²) in [7, 11) is 0. The predicted octanol–water partition coefficient (Wildman–Crippen LogP) is 2.41. The van der Waals surface area contributed by atoms with E-state index in [1.807, 2.05) is 0 Å². The molecule has 1 aromatic rings. The van der Waals surface area contributed by atoms with Gasteiger partial charge in [0.25, 0.3) is 0 Å². The first-order chi connectivity index (χ1) is 7.85. The van der Waals surface area contributed by atoms with Crippen LogP contribution in [0.2, 0.25) is 0 Å². The molecule has 0 aromatic heterocycles. The van der Waals surface area contributed by atoms with E-state index in [1.54, 1.807) is 0 Å². The minimum absolute atomic E-state index is 0.636. The normalized spacial score (nSPS) is 24.9. The summed E-state index contributed by atoms with van der Waals surface area (Å²) in [6.07, 6.45) is 3.17. The van der Waals surface area contributed by atoms with Gasteiger partial charge in [-0.1, -0.05) is 30.3 Å². The van der Waals surface area contributed by atoms with Gasteiger partial charge in [-0.2, -0.15) is 0 Å². The number of oxime groups is 1. The topological polar surface area (TPSA) is 35.8 Å². The summed E-state index contributed by atoms with van der Waals surface area (Å²) in [5, 5.41) is 12.5. The van der Waals surface area contributed by atoms with Crippen molar-refractivity contribution in [3.8, 4) is 0 Å². The Hall–Kier alpha value is -1.51. The Morgan fingerprint density at radius 3 is 3.12 bits per heavy atom. The highest BCUT2D eigenvalue weighted by Gasteiger charge is 2.34. The molecular weight excluding hydrogens is 200 g/mol. The maximum absolute atomic E-state index is 9.03. The summed E-state index contributed by atoms with van der Waals surface area (Å²) in [5.41, 5.74) is 4.69. The number of anilines is 1. The minimum atomic E-state index is 0.636. The molecule has 84 valence electrons. The van der Waals surface area contributed by atoms with Crippen LogP contribution in [0.1, 0.15) is 30.9 Å². The van der Waals surface area contributed by atoms with Gasteiger partial charge in [0.2, 0.25) is 0 Å². The lowest BCUT2D eigenvalue weighted by Crippen LogP contribution is -2.37. The summed E-state index contributed by atoms with van der Waals surface area (Å²) in [6.45, 7) is 3.23. The maximum Gasteiger partial charge on any atom is 0.0906 e. The highest BCUT2D eigenvalue weighted by molar-refractivity contribution is 6.07. The van der Waals surface area contributed by atoms with E-state index in [0.717, 1.165) is 30.7 Å². The van der Waals surface area contributed by atoms with E-state index in [-0.39, 0.29) is 0 Å². The third-order valence-electron chi connectivity index (χ3n) is 3.80. The van der Waals surface area contributed by atoms with Crippen molar-refractivity contribution >= 4 is 11.4 Å². The fourth-order valence-corrected chi connectivity index (χ4v) is 3.00. The molecule has 0 spiro atoms. The van der Waals surface area contributed by atoms with Crippen LogP contribution in [0.5, 0.6) is 0 Å². The number of hydrogen-bond donors (Lipinski definition) is 1. The SMILES string of the molecule is CCC1Cc2cccc3c2N1CC/C3=N\O. The molecule has 1 unspecified atom stereocenters. The fourth-order valence-electron chi connectivity index (χ4n) is 3.00. The smallest absolute Gasteiger partial charge is 0.0906 e. The summed E-state index contributed by atoms with van der Waals surface area (Å²) in [4.78, 5) is 2.49. The van der Waals surface area contributed by atoms with E-state index in [0.29, 0.717) is 6.04 Å². The standard InChI is InChI=1S/C13H16N2O/c1-2-10-8-9-4-3-5-11-12(14-16)6-7-15(10)13(9)11/h3-5,10,16H,2,6-8H2,1H3/b14-12+. The van der Waals surface area contributed by atoms with E-state index in [9.17, 15) is 0 Å². The van der Waals surface area contributed by atoms with Gasteiger partial charge in [-0.25, -0.2) is 0 Å². The Labute approximate surface area is 95.4 Å². The Kier molecular flexibility index (Phi) is 2.13. The molecule has 3 nitrogen and oxygen atoms in total. The lowest BCUT2D eigenvalue weighted by atomic mass is 9.98. The van der Waals surface area contributed by atoms with Crippen LogP contribution in [-0.2, 0) is 6.42 Å². The van der Waals surface area contributed by atoms with E-state index >= 15 is 0 Å². The quantitative estimate of drug-likeness (QED) is 0.578.